The van der Waals surface area contributed by atoms with Crippen LogP contribution in [0, 0.1) is 5.82 Å². The molecule has 3 rings (SSSR count). The lowest BCUT2D eigenvalue weighted by molar-refractivity contribution is 0.244. The van der Waals surface area contributed by atoms with Crippen LogP contribution in [0.5, 0.6) is 0 Å². The molecule has 0 saturated heterocycles. The SMILES string of the molecule is O=C1N=C(c2ccccc2)CC(c2ccc(F)cc2)NN1. The normalized spacial score (nSPS) is 18.6. The van der Waals surface area contributed by atoms with E-state index >= 15 is 0 Å². The number of benzene rings is 2. The van der Waals surface area contributed by atoms with E-state index in [0.29, 0.717) is 12.1 Å². The first-order chi connectivity index (χ1) is 10.2. The van der Waals surface area contributed by atoms with Gasteiger partial charge in [-0.2, -0.15) is 4.99 Å². The lowest BCUT2D eigenvalue weighted by Gasteiger charge is -2.17. The Kier molecular flexibility index (Phi) is 3.75. The fourth-order valence-corrected chi connectivity index (χ4v) is 2.30. The summed E-state index contributed by atoms with van der Waals surface area (Å²) in [6, 6.07) is 15.2. The topological polar surface area (TPSA) is 53.5 Å². The predicted molar refractivity (Wildman–Crippen MR) is 78.4 cm³/mol. The standard InChI is InChI=1S/C16H14FN3O/c17-13-8-6-12(7-9-13)15-10-14(18-16(21)20-19-15)11-4-2-1-3-5-11/h1-9,15,19H,10H2,(H,20,21). The van der Waals surface area contributed by atoms with Crippen molar-refractivity contribution in [2.45, 2.75) is 12.5 Å². The molecule has 1 heterocycles. The van der Waals surface area contributed by atoms with E-state index in [0.717, 1.165) is 11.1 Å². The van der Waals surface area contributed by atoms with E-state index in [-0.39, 0.29) is 11.9 Å². The van der Waals surface area contributed by atoms with Crippen LogP contribution in [-0.2, 0) is 0 Å². The third-order valence-corrected chi connectivity index (χ3v) is 3.37. The highest BCUT2D eigenvalue weighted by Crippen LogP contribution is 2.21. The van der Waals surface area contributed by atoms with Crippen molar-refractivity contribution in [1.29, 1.82) is 0 Å². The number of hydrogen-bond donors (Lipinski definition) is 2. The summed E-state index contributed by atoms with van der Waals surface area (Å²) in [4.78, 5) is 15.7. The molecule has 0 spiro atoms. The number of rotatable bonds is 2. The van der Waals surface area contributed by atoms with Gasteiger partial charge in [0.15, 0.2) is 0 Å². The Hall–Kier alpha value is -2.53. The summed E-state index contributed by atoms with van der Waals surface area (Å²) in [5.41, 5.74) is 7.97. The highest BCUT2D eigenvalue weighted by molar-refractivity contribution is 6.06. The molecule has 1 unspecified atom stereocenters. The van der Waals surface area contributed by atoms with E-state index in [1.165, 1.54) is 12.1 Å². The van der Waals surface area contributed by atoms with Crippen LogP contribution in [0.1, 0.15) is 23.6 Å². The van der Waals surface area contributed by atoms with Crippen LogP contribution in [0.2, 0.25) is 0 Å². The fraction of sp³-hybridized carbons (Fsp3) is 0.125. The summed E-state index contributed by atoms with van der Waals surface area (Å²) in [6.07, 6.45) is 0.536. The van der Waals surface area contributed by atoms with Gasteiger partial charge in [0.05, 0.1) is 11.8 Å². The first kappa shape index (κ1) is 13.5. The van der Waals surface area contributed by atoms with Gasteiger partial charge in [0.1, 0.15) is 5.82 Å². The van der Waals surface area contributed by atoms with Crippen LogP contribution < -0.4 is 10.9 Å². The average Bonchev–Trinajstić information content (AvgIpc) is 2.71. The minimum atomic E-state index is -0.432. The van der Waals surface area contributed by atoms with Crippen molar-refractivity contribution >= 4 is 11.7 Å². The first-order valence-corrected chi connectivity index (χ1v) is 6.66. The summed E-state index contributed by atoms with van der Waals surface area (Å²) in [5.74, 6) is -0.284. The third-order valence-electron chi connectivity index (χ3n) is 3.37. The second-order valence-electron chi connectivity index (χ2n) is 4.81. The molecule has 2 amide bonds. The van der Waals surface area contributed by atoms with Crippen molar-refractivity contribution in [2.75, 3.05) is 0 Å². The quantitative estimate of drug-likeness (QED) is 0.890. The van der Waals surface area contributed by atoms with Gasteiger partial charge in [0.25, 0.3) is 0 Å². The van der Waals surface area contributed by atoms with E-state index in [4.69, 9.17) is 0 Å². The van der Waals surface area contributed by atoms with Gasteiger partial charge < -0.3 is 0 Å². The zero-order valence-electron chi connectivity index (χ0n) is 11.2. The Morgan fingerprint density at radius 3 is 2.48 bits per heavy atom. The molecule has 0 aromatic heterocycles. The maximum absolute atomic E-state index is 13.0. The molecule has 2 aromatic rings. The molecule has 106 valence electrons. The monoisotopic (exact) mass is 283 g/mol. The lowest BCUT2D eigenvalue weighted by Crippen LogP contribution is -2.36. The van der Waals surface area contributed by atoms with Crippen LogP contribution in [0.4, 0.5) is 9.18 Å². The zero-order valence-corrected chi connectivity index (χ0v) is 11.2. The molecule has 0 radical (unpaired) electrons. The van der Waals surface area contributed by atoms with Crippen LogP contribution >= 0.6 is 0 Å². The predicted octanol–water partition coefficient (Wildman–Crippen LogP) is 2.97. The van der Waals surface area contributed by atoms with Crippen molar-refractivity contribution < 1.29 is 9.18 Å². The van der Waals surface area contributed by atoms with Gasteiger partial charge in [0, 0.05) is 6.42 Å². The Labute approximate surface area is 121 Å². The molecule has 21 heavy (non-hydrogen) atoms. The van der Waals surface area contributed by atoms with Crippen LogP contribution in [0.3, 0.4) is 0 Å². The van der Waals surface area contributed by atoms with Crippen LogP contribution in [0.25, 0.3) is 0 Å². The van der Waals surface area contributed by atoms with Gasteiger partial charge in [-0.3, -0.25) is 5.43 Å². The Bertz CT molecular complexity index is 668. The van der Waals surface area contributed by atoms with E-state index in [1.54, 1.807) is 12.1 Å². The second kappa shape index (κ2) is 5.85. The van der Waals surface area contributed by atoms with E-state index in [1.807, 2.05) is 30.3 Å². The van der Waals surface area contributed by atoms with Crippen LogP contribution in [-0.4, -0.2) is 11.7 Å². The molecule has 1 aliphatic rings. The molecule has 1 atom stereocenters. The Morgan fingerprint density at radius 2 is 1.76 bits per heavy atom. The summed E-state index contributed by atoms with van der Waals surface area (Å²) >= 11 is 0. The highest BCUT2D eigenvalue weighted by Gasteiger charge is 2.20. The van der Waals surface area contributed by atoms with Crippen molar-refractivity contribution in [3.05, 3.63) is 71.5 Å². The van der Waals surface area contributed by atoms with Crippen molar-refractivity contribution in [3.63, 3.8) is 0 Å². The number of nitrogens with one attached hydrogen (secondary N) is 2. The minimum absolute atomic E-state index is 0.156. The molecule has 0 aliphatic carbocycles. The molecule has 0 saturated carbocycles. The maximum Gasteiger partial charge on any atom is 0.355 e. The number of nitrogens with zero attached hydrogens (tertiary/aromatic N) is 1. The van der Waals surface area contributed by atoms with Gasteiger partial charge in [-0.1, -0.05) is 42.5 Å². The molecular formula is C16H14FN3O. The summed E-state index contributed by atoms with van der Waals surface area (Å²) < 4.78 is 13.0. The smallest absolute Gasteiger partial charge is 0.271 e. The number of carbonyl (C=O) groups is 1. The number of amides is 2. The molecule has 1 aliphatic heterocycles. The third kappa shape index (κ3) is 3.14. The number of aliphatic imine (C=N–C) groups is 1. The van der Waals surface area contributed by atoms with Gasteiger partial charge in [-0.15, -0.1) is 0 Å². The highest BCUT2D eigenvalue weighted by atomic mass is 19.1. The number of halogens is 1. The summed E-state index contributed by atoms with van der Waals surface area (Å²) in [6.45, 7) is 0. The Balaban J connectivity index is 1.90. The largest absolute Gasteiger partial charge is 0.355 e. The van der Waals surface area contributed by atoms with Gasteiger partial charge in [-0.25, -0.2) is 14.6 Å². The van der Waals surface area contributed by atoms with Crippen molar-refractivity contribution in [2.24, 2.45) is 4.99 Å². The Morgan fingerprint density at radius 1 is 1.05 bits per heavy atom. The van der Waals surface area contributed by atoms with Gasteiger partial charge in [0.2, 0.25) is 0 Å². The number of urea groups is 1. The lowest BCUT2D eigenvalue weighted by atomic mass is 9.98. The summed E-state index contributed by atoms with van der Waals surface area (Å²) in [5, 5.41) is 0. The fourth-order valence-electron chi connectivity index (χ4n) is 2.30. The average molecular weight is 283 g/mol. The van der Waals surface area contributed by atoms with Crippen LogP contribution in [0.15, 0.2) is 59.6 Å². The van der Waals surface area contributed by atoms with Gasteiger partial charge in [-0.05, 0) is 23.3 Å². The number of carbonyl (C=O) groups excluding carboxylic acids is 1. The molecule has 0 bridgehead atoms. The maximum atomic E-state index is 13.0. The molecule has 2 N–H and O–H groups in total. The van der Waals surface area contributed by atoms with Gasteiger partial charge >= 0.3 is 6.03 Å². The van der Waals surface area contributed by atoms with E-state index < -0.39 is 6.03 Å². The van der Waals surface area contributed by atoms with E-state index in [2.05, 4.69) is 15.8 Å². The molecular weight excluding hydrogens is 269 g/mol. The van der Waals surface area contributed by atoms with Crippen molar-refractivity contribution in [3.8, 4) is 0 Å². The summed E-state index contributed by atoms with van der Waals surface area (Å²) in [7, 11) is 0. The second-order valence-corrected chi connectivity index (χ2v) is 4.81. The molecule has 2 aromatic carbocycles. The molecule has 0 fully saturated rings. The number of hydrazine groups is 1. The molecule has 4 nitrogen and oxygen atoms in total. The molecule has 5 heteroatoms. The minimum Gasteiger partial charge on any atom is -0.271 e. The number of hydrogen-bond acceptors (Lipinski definition) is 2. The zero-order chi connectivity index (χ0) is 14.7. The van der Waals surface area contributed by atoms with Crippen molar-refractivity contribution in [1.82, 2.24) is 10.9 Å². The van der Waals surface area contributed by atoms with E-state index in [9.17, 15) is 9.18 Å². The first-order valence-electron chi connectivity index (χ1n) is 6.66.